The van der Waals surface area contributed by atoms with Gasteiger partial charge in [0.15, 0.2) is 0 Å². The molecule has 0 aliphatic carbocycles. The summed E-state index contributed by atoms with van der Waals surface area (Å²) in [5.41, 5.74) is 2.66. The lowest BCUT2D eigenvalue weighted by Crippen LogP contribution is -2.22. The zero-order valence-electron chi connectivity index (χ0n) is 14.8. The number of ether oxygens (including phenoxy) is 1. The standard InChI is InChI=1S/C20H19NO4S/c1-14-8-7-11-18-17(14)13-19(15(2)12-20(22)25-3)21(18)26(23,24)16-9-5-4-6-10-16/h4-13H,1-3H3/p+1/b15-12+. The number of rotatable bonds is 4. The molecule has 0 aliphatic heterocycles. The van der Waals surface area contributed by atoms with Crippen molar-refractivity contribution < 1.29 is 18.3 Å². The molecular formula is C20H20NO4S+. The highest BCUT2D eigenvalue weighted by Crippen LogP contribution is 2.33. The summed E-state index contributed by atoms with van der Waals surface area (Å²) < 4.78 is 30.5. The molecule has 1 N–H and O–H groups in total. The normalized spacial score (nSPS) is 14.2. The molecule has 0 saturated heterocycles. The summed E-state index contributed by atoms with van der Waals surface area (Å²) in [6.45, 7) is 3.66. The molecule has 0 aliphatic rings. The summed E-state index contributed by atoms with van der Waals surface area (Å²) >= 11 is 0. The number of fused-ring (bicyclic) bond motifs is 1. The van der Waals surface area contributed by atoms with Gasteiger partial charge in [-0.25, -0.2) is 4.79 Å². The third-order valence-electron chi connectivity index (χ3n) is 4.26. The number of hydrogen-bond acceptors (Lipinski definition) is 3. The maximum atomic E-state index is 13.4. The van der Waals surface area contributed by atoms with Crippen molar-refractivity contribution in [2.24, 2.45) is 0 Å². The minimum Gasteiger partial charge on any atom is -0.466 e. The number of benzene rings is 2. The quantitative estimate of drug-likeness (QED) is 0.422. The molecule has 3 rings (SSSR count). The number of aromatic nitrogens is 1. The van der Waals surface area contributed by atoms with Crippen molar-refractivity contribution in [3.8, 4) is 0 Å². The van der Waals surface area contributed by atoms with Gasteiger partial charge in [-0.2, -0.15) is 4.55 Å². The zero-order valence-corrected chi connectivity index (χ0v) is 15.6. The molecule has 1 atom stereocenters. The zero-order chi connectivity index (χ0) is 18.9. The SMILES string of the molecule is COC(=O)/C=C(\C)c1cc2c(C)cccc2n1[S+](=O)(O)c1ccccc1. The Kier molecular flexibility index (Phi) is 4.80. The van der Waals surface area contributed by atoms with E-state index in [9.17, 15) is 13.6 Å². The van der Waals surface area contributed by atoms with Crippen molar-refractivity contribution in [1.29, 1.82) is 0 Å². The van der Waals surface area contributed by atoms with Gasteiger partial charge in [-0.3, -0.25) is 0 Å². The first-order chi connectivity index (χ1) is 12.4. The van der Waals surface area contributed by atoms with E-state index < -0.39 is 16.4 Å². The lowest BCUT2D eigenvalue weighted by molar-refractivity contribution is -0.134. The molecule has 1 heterocycles. The second-order valence-electron chi connectivity index (χ2n) is 5.99. The van der Waals surface area contributed by atoms with E-state index in [-0.39, 0.29) is 0 Å². The predicted molar refractivity (Wildman–Crippen MR) is 103 cm³/mol. The van der Waals surface area contributed by atoms with E-state index in [1.165, 1.54) is 17.2 Å². The van der Waals surface area contributed by atoms with E-state index in [2.05, 4.69) is 0 Å². The lowest BCUT2D eigenvalue weighted by Gasteiger charge is -2.11. The molecule has 0 saturated carbocycles. The Morgan fingerprint density at radius 3 is 2.50 bits per heavy atom. The number of allylic oxidation sites excluding steroid dienone is 1. The Morgan fingerprint density at radius 1 is 1.15 bits per heavy atom. The number of carbonyl (C=O) groups is 1. The minimum atomic E-state index is -3.58. The molecule has 6 heteroatoms. The highest BCUT2D eigenvalue weighted by Gasteiger charge is 2.36. The van der Waals surface area contributed by atoms with Gasteiger partial charge < -0.3 is 4.74 Å². The third-order valence-corrected chi connectivity index (χ3v) is 6.03. The van der Waals surface area contributed by atoms with E-state index in [0.29, 0.717) is 21.7 Å². The topological polar surface area (TPSA) is 68.5 Å². The average molecular weight is 370 g/mol. The van der Waals surface area contributed by atoms with Gasteiger partial charge in [0.2, 0.25) is 4.90 Å². The fraction of sp³-hybridized carbons (Fsp3) is 0.150. The van der Waals surface area contributed by atoms with Gasteiger partial charge in [0.05, 0.1) is 12.8 Å². The van der Waals surface area contributed by atoms with Crippen LogP contribution in [0, 0.1) is 6.92 Å². The Labute approximate surface area is 153 Å². The predicted octanol–water partition coefficient (Wildman–Crippen LogP) is 4.32. The van der Waals surface area contributed by atoms with Crippen LogP contribution in [0.5, 0.6) is 0 Å². The van der Waals surface area contributed by atoms with Crippen LogP contribution < -0.4 is 0 Å². The van der Waals surface area contributed by atoms with E-state index in [1.54, 1.807) is 43.3 Å². The van der Waals surface area contributed by atoms with Gasteiger partial charge >= 0.3 is 16.4 Å². The maximum absolute atomic E-state index is 13.4. The second-order valence-corrected chi connectivity index (χ2v) is 7.82. The largest absolute Gasteiger partial charge is 0.466 e. The molecule has 3 aromatic rings. The van der Waals surface area contributed by atoms with E-state index in [4.69, 9.17) is 4.74 Å². The van der Waals surface area contributed by atoms with Crippen LogP contribution in [0.4, 0.5) is 0 Å². The monoisotopic (exact) mass is 370 g/mol. The average Bonchev–Trinajstić information content (AvgIpc) is 3.04. The Balaban J connectivity index is 2.34. The van der Waals surface area contributed by atoms with Gasteiger partial charge in [-0.15, -0.1) is 3.97 Å². The van der Waals surface area contributed by atoms with Gasteiger partial charge in [0.1, 0.15) is 5.52 Å². The van der Waals surface area contributed by atoms with Crippen molar-refractivity contribution >= 4 is 32.8 Å². The summed E-state index contributed by atoms with van der Waals surface area (Å²) in [5.74, 6) is -0.514. The summed E-state index contributed by atoms with van der Waals surface area (Å²) in [6.07, 6.45) is 1.32. The minimum absolute atomic E-state index is 0.297. The Bertz CT molecular complexity index is 1050. The van der Waals surface area contributed by atoms with Crippen molar-refractivity contribution in [2.75, 3.05) is 7.11 Å². The number of carbonyl (C=O) groups excluding carboxylic acids is 1. The number of hydrogen-bond donors (Lipinski definition) is 1. The summed E-state index contributed by atoms with van der Waals surface area (Å²) in [7, 11) is -2.29. The first kappa shape index (κ1) is 18.1. The van der Waals surface area contributed by atoms with E-state index >= 15 is 0 Å². The molecule has 0 amide bonds. The summed E-state index contributed by atoms with van der Waals surface area (Å²) in [5, 5.41) is 0.859. The fourth-order valence-electron chi connectivity index (χ4n) is 2.91. The van der Waals surface area contributed by atoms with Gasteiger partial charge in [0, 0.05) is 11.5 Å². The molecule has 1 aromatic heterocycles. The van der Waals surface area contributed by atoms with Crippen LogP contribution in [-0.4, -0.2) is 21.6 Å². The summed E-state index contributed by atoms with van der Waals surface area (Å²) in [6, 6.07) is 15.9. The van der Waals surface area contributed by atoms with Crippen LogP contribution in [0.3, 0.4) is 0 Å². The van der Waals surface area contributed by atoms with Crippen LogP contribution in [0.25, 0.3) is 16.5 Å². The third kappa shape index (κ3) is 3.09. The molecule has 26 heavy (non-hydrogen) atoms. The van der Waals surface area contributed by atoms with Gasteiger partial charge in [0.25, 0.3) is 0 Å². The molecule has 2 aromatic carbocycles. The number of esters is 1. The summed E-state index contributed by atoms with van der Waals surface area (Å²) in [4.78, 5) is 12.0. The lowest BCUT2D eigenvalue weighted by atomic mass is 10.1. The molecule has 1 unspecified atom stereocenters. The highest BCUT2D eigenvalue weighted by molar-refractivity contribution is 7.96. The van der Waals surface area contributed by atoms with E-state index in [0.717, 1.165) is 10.9 Å². The Morgan fingerprint density at radius 2 is 1.85 bits per heavy atom. The number of methoxy groups -OCH3 is 1. The van der Waals surface area contributed by atoms with E-state index in [1.807, 2.05) is 25.1 Å². The van der Waals surface area contributed by atoms with Crippen LogP contribution in [0.1, 0.15) is 18.2 Å². The molecule has 0 radical (unpaired) electrons. The van der Waals surface area contributed by atoms with Crippen molar-refractivity contribution in [3.05, 3.63) is 71.9 Å². The highest BCUT2D eigenvalue weighted by atomic mass is 32.3. The van der Waals surface area contributed by atoms with Gasteiger partial charge in [-0.1, -0.05) is 30.3 Å². The molecule has 5 nitrogen and oxygen atoms in total. The van der Waals surface area contributed by atoms with Gasteiger partial charge in [-0.05, 0) is 53.5 Å². The molecule has 134 valence electrons. The second kappa shape index (κ2) is 6.90. The maximum Gasteiger partial charge on any atom is 0.353 e. The smallest absolute Gasteiger partial charge is 0.353 e. The fourth-order valence-corrected chi connectivity index (χ4v) is 4.52. The van der Waals surface area contributed by atoms with Crippen molar-refractivity contribution in [1.82, 2.24) is 3.97 Å². The van der Waals surface area contributed by atoms with Crippen molar-refractivity contribution in [2.45, 2.75) is 18.7 Å². The van der Waals surface area contributed by atoms with Crippen LogP contribution >= 0.6 is 0 Å². The Hall–Kier alpha value is -2.70. The molecular weight excluding hydrogens is 350 g/mol. The first-order valence-electron chi connectivity index (χ1n) is 8.06. The van der Waals surface area contributed by atoms with Crippen LogP contribution in [0.2, 0.25) is 0 Å². The number of aryl methyl sites for hydroxylation is 1. The molecule has 0 fully saturated rings. The van der Waals surface area contributed by atoms with Crippen molar-refractivity contribution in [3.63, 3.8) is 0 Å². The molecule has 0 spiro atoms. The first-order valence-corrected chi connectivity index (χ1v) is 9.53. The van der Waals surface area contributed by atoms with Crippen LogP contribution in [0.15, 0.2) is 65.6 Å². The number of nitrogens with zero attached hydrogens (tertiary/aromatic N) is 1. The molecule has 0 bridgehead atoms. The van der Waals surface area contributed by atoms with Crippen LogP contribution in [-0.2, 0) is 24.1 Å².